The van der Waals surface area contributed by atoms with E-state index in [1.54, 1.807) is 22.6 Å². The van der Waals surface area contributed by atoms with Crippen LogP contribution in [0.1, 0.15) is 74.0 Å². The summed E-state index contributed by atoms with van der Waals surface area (Å²) in [7, 11) is 0. The number of likely N-dealkylation sites (tertiary alicyclic amines) is 1. The number of nitrogens with zero attached hydrogens (tertiary/aromatic N) is 3. The Hall–Kier alpha value is -3.17. The van der Waals surface area contributed by atoms with Crippen LogP contribution in [0, 0.1) is 6.92 Å². The van der Waals surface area contributed by atoms with Crippen LogP contribution in [-0.4, -0.2) is 62.9 Å². The predicted molar refractivity (Wildman–Crippen MR) is 118 cm³/mol. The number of carbonyl (C=O) groups excluding carboxylic acids is 4. The van der Waals surface area contributed by atoms with E-state index in [0.717, 1.165) is 0 Å². The Bertz CT molecular complexity index is 1080. The average Bonchev–Trinajstić information content (AvgIpc) is 3.07. The first-order chi connectivity index (χ1) is 15.5. The normalized spacial score (nSPS) is 21.8. The predicted octanol–water partition coefficient (Wildman–Crippen LogP) is 1.49. The smallest absolute Gasteiger partial charge is 0.410 e. The molecule has 33 heavy (non-hydrogen) atoms. The van der Waals surface area contributed by atoms with E-state index < -0.39 is 17.6 Å². The summed E-state index contributed by atoms with van der Waals surface area (Å²) >= 11 is 0. The van der Waals surface area contributed by atoms with Crippen molar-refractivity contribution in [3.05, 3.63) is 33.2 Å². The number of fused-ring (bicyclic) bond motifs is 1. The number of carbonyl (C=O) groups is 4. The minimum absolute atomic E-state index is 0.0533. The number of aryl methyl sites for hydroxylation is 1. The Morgan fingerprint density at radius 2 is 1.76 bits per heavy atom. The Morgan fingerprint density at radius 3 is 2.36 bits per heavy atom. The Morgan fingerprint density at radius 1 is 1.09 bits per heavy atom. The SMILES string of the molecule is Cc1cn(C2CCN(C(=O)OC(C)(C)C)CC2)c(=O)c2c1C(=O)N([C@@H]1CCC(=O)NC1=O)C2. The molecule has 1 aromatic heterocycles. The van der Waals surface area contributed by atoms with Crippen molar-refractivity contribution in [1.82, 2.24) is 19.7 Å². The van der Waals surface area contributed by atoms with Crippen LogP contribution in [0.2, 0.25) is 0 Å². The maximum Gasteiger partial charge on any atom is 0.410 e. The van der Waals surface area contributed by atoms with Crippen molar-refractivity contribution in [3.63, 3.8) is 0 Å². The van der Waals surface area contributed by atoms with E-state index in [9.17, 15) is 24.0 Å². The number of pyridine rings is 1. The molecule has 4 rings (SSSR count). The molecule has 1 N–H and O–H groups in total. The van der Waals surface area contributed by atoms with Crippen molar-refractivity contribution in [2.24, 2.45) is 0 Å². The van der Waals surface area contributed by atoms with E-state index in [0.29, 0.717) is 42.6 Å². The molecule has 3 aliphatic heterocycles. The lowest BCUT2D eigenvalue weighted by Gasteiger charge is -2.34. The van der Waals surface area contributed by atoms with Gasteiger partial charge in [-0.05, 0) is 52.5 Å². The van der Waals surface area contributed by atoms with Gasteiger partial charge in [-0.25, -0.2) is 4.79 Å². The van der Waals surface area contributed by atoms with Crippen LogP contribution in [-0.2, 0) is 20.9 Å². The Balaban J connectivity index is 1.52. The standard InChI is InChI=1S/C23H30N4O6/c1-13-11-26(14-7-9-25(10-8-14)22(32)33-23(2,3)4)20(30)15-12-27(21(31)18(13)15)16-5-6-17(28)24-19(16)29/h11,14,16H,5-10,12H2,1-4H3,(H,24,28,29)/t16-/m1/s1. The lowest BCUT2D eigenvalue weighted by molar-refractivity contribution is -0.136. The zero-order valence-electron chi connectivity index (χ0n) is 19.5. The van der Waals surface area contributed by atoms with E-state index in [-0.39, 0.29) is 48.9 Å². The second-order valence-corrected chi connectivity index (χ2v) is 9.98. The van der Waals surface area contributed by atoms with Gasteiger partial charge in [-0.1, -0.05) is 0 Å². The molecule has 0 spiro atoms. The molecule has 0 bridgehead atoms. The fraction of sp³-hybridized carbons (Fsp3) is 0.609. The van der Waals surface area contributed by atoms with Gasteiger partial charge in [-0.15, -0.1) is 0 Å². The Labute approximate surface area is 191 Å². The summed E-state index contributed by atoms with van der Waals surface area (Å²) < 4.78 is 7.11. The van der Waals surface area contributed by atoms with Gasteiger partial charge in [0.2, 0.25) is 11.8 Å². The van der Waals surface area contributed by atoms with Gasteiger partial charge >= 0.3 is 6.09 Å². The van der Waals surface area contributed by atoms with E-state index in [1.807, 2.05) is 20.8 Å². The van der Waals surface area contributed by atoms with Crippen molar-refractivity contribution in [2.45, 2.75) is 77.6 Å². The van der Waals surface area contributed by atoms with Gasteiger partial charge in [0, 0.05) is 37.3 Å². The molecule has 0 aliphatic carbocycles. The van der Waals surface area contributed by atoms with Crippen LogP contribution in [0.15, 0.2) is 11.0 Å². The molecule has 1 aromatic rings. The van der Waals surface area contributed by atoms with Crippen molar-refractivity contribution in [1.29, 1.82) is 0 Å². The second kappa shape index (κ2) is 8.31. The van der Waals surface area contributed by atoms with Crippen LogP contribution in [0.25, 0.3) is 0 Å². The number of imide groups is 1. The third kappa shape index (κ3) is 4.38. The van der Waals surface area contributed by atoms with E-state index in [4.69, 9.17) is 4.74 Å². The first-order valence-electron chi connectivity index (χ1n) is 11.3. The zero-order chi connectivity index (χ0) is 24.1. The van der Waals surface area contributed by atoms with Crippen LogP contribution < -0.4 is 10.9 Å². The molecule has 1 atom stereocenters. The maximum absolute atomic E-state index is 13.3. The number of rotatable bonds is 2. The van der Waals surface area contributed by atoms with Gasteiger partial charge in [0.05, 0.1) is 12.1 Å². The first-order valence-corrected chi connectivity index (χ1v) is 11.3. The van der Waals surface area contributed by atoms with Crippen molar-refractivity contribution in [3.8, 4) is 0 Å². The highest BCUT2D eigenvalue weighted by molar-refractivity contribution is 6.05. The number of hydrogen-bond donors (Lipinski definition) is 1. The van der Waals surface area contributed by atoms with Crippen molar-refractivity contribution < 1.29 is 23.9 Å². The third-order valence-corrected chi connectivity index (χ3v) is 6.42. The molecule has 0 aromatic carbocycles. The maximum atomic E-state index is 13.3. The summed E-state index contributed by atoms with van der Waals surface area (Å²) in [6, 6.07) is -0.855. The molecule has 10 nitrogen and oxygen atoms in total. The molecule has 0 radical (unpaired) electrons. The molecule has 178 valence electrons. The highest BCUT2D eigenvalue weighted by Crippen LogP contribution is 2.30. The molecule has 2 saturated heterocycles. The second-order valence-electron chi connectivity index (χ2n) is 9.98. The van der Waals surface area contributed by atoms with Gasteiger partial charge in [0.15, 0.2) is 0 Å². The van der Waals surface area contributed by atoms with Crippen LogP contribution in [0.5, 0.6) is 0 Å². The van der Waals surface area contributed by atoms with E-state index in [2.05, 4.69) is 5.32 Å². The summed E-state index contributed by atoms with van der Waals surface area (Å²) in [6.07, 6.45) is 2.96. The summed E-state index contributed by atoms with van der Waals surface area (Å²) in [5.41, 5.74) is 0.614. The molecule has 0 unspecified atom stereocenters. The van der Waals surface area contributed by atoms with E-state index >= 15 is 0 Å². The lowest BCUT2D eigenvalue weighted by atomic mass is 10.0. The fourth-order valence-corrected chi connectivity index (χ4v) is 4.82. The number of aromatic nitrogens is 1. The zero-order valence-corrected chi connectivity index (χ0v) is 19.5. The molecular formula is C23H30N4O6. The largest absolute Gasteiger partial charge is 0.444 e. The molecule has 10 heteroatoms. The molecule has 0 saturated carbocycles. The summed E-state index contributed by atoms with van der Waals surface area (Å²) in [5.74, 6) is -1.20. The van der Waals surface area contributed by atoms with Gasteiger partial charge < -0.3 is 19.1 Å². The van der Waals surface area contributed by atoms with Gasteiger partial charge in [0.25, 0.3) is 11.5 Å². The van der Waals surface area contributed by atoms with E-state index in [1.165, 1.54) is 4.90 Å². The average molecular weight is 459 g/mol. The van der Waals surface area contributed by atoms with Crippen LogP contribution >= 0.6 is 0 Å². The van der Waals surface area contributed by atoms with Gasteiger partial charge in [0.1, 0.15) is 11.6 Å². The number of piperidine rings is 2. The topological polar surface area (TPSA) is 118 Å². The van der Waals surface area contributed by atoms with Crippen molar-refractivity contribution >= 4 is 23.8 Å². The van der Waals surface area contributed by atoms with Crippen LogP contribution in [0.3, 0.4) is 0 Å². The summed E-state index contributed by atoms with van der Waals surface area (Å²) in [4.78, 5) is 65.6. The molecule has 4 heterocycles. The monoisotopic (exact) mass is 458 g/mol. The number of nitrogens with one attached hydrogen (secondary N) is 1. The summed E-state index contributed by atoms with van der Waals surface area (Å²) in [5, 5.41) is 2.28. The first kappa shape index (κ1) is 23.0. The lowest BCUT2D eigenvalue weighted by Crippen LogP contribution is -2.52. The molecule has 4 amide bonds. The number of amides is 4. The Kier molecular flexibility index (Phi) is 5.79. The molecule has 3 aliphatic rings. The van der Waals surface area contributed by atoms with Crippen LogP contribution in [0.4, 0.5) is 4.79 Å². The minimum atomic E-state index is -0.757. The minimum Gasteiger partial charge on any atom is -0.444 e. The van der Waals surface area contributed by atoms with Gasteiger partial charge in [-0.2, -0.15) is 0 Å². The summed E-state index contributed by atoms with van der Waals surface area (Å²) in [6.45, 7) is 8.26. The highest BCUT2D eigenvalue weighted by atomic mass is 16.6. The highest BCUT2D eigenvalue weighted by Gasteiger charge is 2.41. The third-order valence-electron chi connectivity index (χ3n) is 6.42. The fourth-order valence-electron chi connectivity index (χ4n) is 4.82. The number of ether oxygens (including phenoxy) is 1. The molecular weight excluding hydrogens is 428 g/mol. The molecule has 2 fully saturated rings. The van der Waals surface area contributed by atoms with Gasteiger partial charge in [-0.3, -0.25) is 24.5 Å². The van der Waals surface area contributed by atoms with Crippen molar-refractivity contribution in [2.75, 3.05) is 13.1 Å². The quantitative estimate of drug-likeness (QED) is 0.671. The number of hydrogen-bond acceptors (Lipinski definition) is 6.